The second-order valence-corrected chi connectivity index (χ2v) is 20.5. The third kappa shape index (κ3) is 8.73. The summed E-state index contributed by atoms with van der Waals surface area (Å²) in [4.78, 5) is 31.9. The number of aryl methyl sites for hydroxylation is 2. The number of pyridine rings is 1. The maximum absolute atomic E-state index is 15.8. The number of ether oxygens (including phenoxy) is 1. The minimum absolute atomic E-state index is 0.0279. The third-order valence-electron chi connectivity index (χ3n) is 10.1. The summed E-state index contributed by atoms with van der Waals surface area (Å²) >= 11 is 0. The maximum Gasteiger partial charge on any atom is 0.291 e. The van der Waals surface area contributed by atoms with E-state index in [0.29, 0.717) is 42.0 Å². The Morgan fingerprint density at radius 3 is 2.23 bits per heavy atom. The molecule has 2 amide bonds. The Balaban J connectivity index is 1.38. The summed E-state index contributed by atoms with van der Waals surface area (Å²) in [6.45, 7) is 11.6. The molecule has 14 heteroatoms. The summed E-state index contributed by atoms with van der Waals surface area (Å²) in [6, 6.07) is 3.44. The Morgan fingerprint density at radius 2 is 1.67 bits per heavy atom. The highest BCUT2D eigenvalue weighted by Gasteiger charge is 2.42. The molecule has 0 saturated heterocycles. The number of aromatic nitrogens is 7. The minimum atomic E-state index is -1.22. The van der Waals surface area contributed by atoms with Gasteiger partial charge in [0.05, 0.1) is 5.69 Å². The number of rotatable bonds is 13. The SMILES string of the molecule is Cc1nn(COCC[Si](C)(C)C)c(C)c1-c1ccc(NC(=O)C(NC(=O)c2nnnn2C)C(C2CCCCC2)C2CCCCC2)nc1F. The van der Waals surface area contributed by atoms with Crippen LogP contribution in [-0.2, 0) is 23.3 Å². The molecule has 2 N–H and O–H groups in total. The van der Waals surface area contributed by atoms with E-state index in [4.69, 9.17) is 4.74 Å². The lowest BCUT2D eigenvalue weighted by Crippen LogP contribution is -2.53. The van der Waals surface area contributed by atoms with Gasteiger partial charge in [-0.05, 0) is 60.2 Å². The Morgan fingerprint density at radius 1 is 1.02 bits per heavy atom. The largest absolute Gasteiger partial charge is 0.360 e. The number of tetrazole rings is 1. The summed E-state index contributed by atoms with van der Waals surface area (Å²) in [6.07, 6.45) is 10.9. The van der Waals surface area contributed by atoms with E-state index in [9.17, 15) is 9.59 Å². The van der Waals surface area contributed by atoms with Crippen LogP contribution in [0.15, 0.2) is 12.1 Å². The Bertz CT molecular complexity index is 1540. The molecule has 0 radical (unpaired) electrons. The van der Waals surface area contributed by atoms with Gasteiger partial charge in [-0.2, -0.15) is 9.49 Å². The Hall–Kier alpha value is -3.52. The Labute approximate surface area is 284 Å². The summed E-state index contributed by atoms with van der Waals surface area (Å²) in [5.41, 5.74) is 2.41. The molecular weight excluding hydrogens is 630 g/mol. The molecule has 3 aromatic rings. The molecule has 262 valence electrons. The van der Waals surface area contributed by atoms with Crippen LogP contribution in [0.3, 0.4) is 0 Å². The normalized spacial score (nSPS) is 17.1. The molecule has 1 unspecified atom stereocenters. The first-order valence-electron chi connectivity index (χ1n) is 17.6. The van der Waals surface area contributed by atoms with Crippen LogP contribution < -0.4 is 10.6 Å². The van der Waals surface area contributed by atoms with Gasteiger partial charge in [-0.25, -0.2) is 14.3 Å². The zero-order valence-electron chi connectivity index (χ0n) is 29.4. The molecule has 0 aliphatic heterocycles. The van der Waals surface area contributed by atoms with Gasteiger partial charge >= 0.3 is 0 Å². The van der Waals surface area contributed by atoms with Crippen LogP contribution in [0.4, 0.5) is 10.2 Å². The van der Waals surface area contributed by atoms with Crippen LogP contribution in [0.2, 0.25) is 25.7 Å². The van der Waals surface area contributed by atoms with Crippen molar-refractivity contribution < 1.29 is 18.7 Å². The van der Waals surface area contributed by atoms with Gasteiger partial charge < -0.3 is 15.4 Å². The predicted octanol–water partition coefficient (Wildman–Crippen LogP) is 6.05. The fourth-order valence-electron chi connectivity index (χ4n) is 7.57. The van der Waals surface area contributed by atoms with Crippen molar-refractivity contribution >= 4 is 25.7 Å². The number of amides is 2. The van der Waals surface area contributed by atoms with Crippen molar-refractivity contribution in [3.05, 3.63) is 35.3 Å². The average molecular weight is 682 g/mol. The van der Waals surface area contributed by atoms with Gasteiger partial charge in [-0.3, -0.25) is 9.59 Å². The molecule has 2 aliphatic rings. The van der Waals surface area contributed by atoms with Crippen LogP contribution in [-0.4, -0.2) is 67.5 Å². The van der Waals surface area contributed by atoms with Crippen molar-refractivity contribution in [2.75, 3.05) is 11.9 Å². The fourth-order valence-corrected chi connectivity index (χ4v) is 8.32. The van der Waals surface area contributed by atoms with Gasteiger partial charge in [-0.15, -0.1) is 5.10 Å². The summed E-state index contributed by atoms with van der Waals surface area (Å²) in [7, 11) is 0.371. The van der Waals surface area contributed by atoms with Crippen LogP contribution in [0.25, 0.3) is 11.1 Å². The number of carbonyl (C=O) groups excluding carboxylic acids is 2. The van der Waals surface area contributed by atoms with E-state index in [1.807, 2.05) is 13.8 Å². The van der Waals surface area contributed by atoms with Gasteiger partial charge in [0.15, 0.2) is 0 Å². The van der Waals surface area contributed by atoms with Gasteiger partial charge in [0, 0.05) is 38.5 Å². The second kappa shape index (κ2) is 15.8. The van der Waals surface area contributed by atoms with E-state index in [2.05, 4.69) is 55.9 Å². The number of nitrogens with zero attached hydrogens (tertiary/aromatic N) is 7. The Kier molecular flexibility index (Phi) is 11.8. The number of carbonyl (C=O) groups is 2. The zero-order valence-corrected chi connectivity index (χ0v) is 30.4. The predicted molar refractivity (Wildman–Crippen MR) is 184 cm³/mol. The van der Waals surface area contributed by atoms with Gasteiger partial charge in [0.2, 0.25) is 17.7 Å². The zero-order chi connectivity index (χ0) is 34.4. The lowest BCUT2D eigenvalue weighted by Gasteiger charge is -2.41. The van der Waals surface area contributed by atoms with Crippen molar-refractivity contribution in [3.63, 3.8) is 0 Å². The first-order chi connectivity index (χ1) is 22.9. The molecule has 3 heterocycles. The molecule has 1 atom stereocenters. The maximum atomic E-state index is 15.8. The molecule has 3 aromatic heterocycles. The fraction of sp³-hybridized carbons (Fsp3) is 0.676. The molecule has 2 aliphatic carbocycles. The van der Waals surface area contributed by atoms with Crippen LogP contribution in [0.1, 0.15) is 86.2 Å². The summed E-state index contributed by atoms with van der Waals surface area (Å²) in [5, 5.41) is 21.8. The van der Waals surface area contributed by atoms with E-state index in [0.717, 1.165) is 63.1 Å². The van der Waals surface area contributed by atoms with Crippen molar-refractivity contribution in [3.8, 4) is 11.1 Å². The minimum Gasteiger partial charge on any atom is -0.360 e. The van der Waals surface area contributed by atoms with E-state index in [1.165, 1.54) is 17.5 Å². The van der Waals surface area contributed by atoms with E-state index < -0.39 is 31.9 Å². The molecule has 12 nitrogen and oxygen atoms in total. The van der Waals surface area contributed by atoms with Crippen LogP contribution in [0.5, 0.6) is 0 Å². The quantitative estimate of drug-likeness (QED) is 0.126. The molecule has 2 saturated carbocycles. The van der Waals surface area contributed by atoms with Crippen molar-refractivity contribution in [1.29, 1.82) is 0 Å². The van der Waals surface area contributed by atoms with Gasteiger partial charge in [0.1, 0.15) is 18.6 Å². The molecule has 0 spiro atoms. The highest BCUT2D eigenvalue weighted by atomic mass is 28.3. The van der Waals surface area contributed by atoms with Crippen molar-refractivity contribution in [1.82, 2.24) is 40.3 Å². The van der Waals surface area contributed by atoms with Crippen LogP contribution >= 0.6 is 0 Å². The molecule has 48 heavy (non-hydrogen) atoms. The average Bonchev–Trinajstić information content (AvgIpc) is 3.61. The number of anilines is 1. The smallest absolute Gasteiger partial charge is 0.291 e. The van der Waals surface area contributed by atoms with E-state index in [-0.39, 0.29) is 17.6 Å². The monoisotopic (exact) mass is 681 g/mol. The van der Waals surface area contributed by atoms with Crippen molar-refractivity contribution in [2.24, 2.45) is 24.8 Å². The van der Waals surface area contributed by atoms with E-state index >= 15 is 4.39 Å². The second-order valence-electron chi connectivity index (χ2n) is 14.9. The molecule has 5 rings (SSSR count). The van der Waals surface area contributed by atoms with Gasteiger partial charge in [-0.1, -0.05) is 83.8 Å². The van der Waals surface area contributed by atoms with Crippen molar-refractivity contribution in [2.45, 2.75) is 117 Å². The van der Waals surface area contributed by atoms with Gasteiger partial charge in [0.25, 0.3) is 5.91 Å². The number of nitrogens with one attached hydrogen (secondary N) is 2. The highest BCUT2D eigenvalue weighted by Crippen LogP contribution is 2.42. The molecule has 0 aromatic carbocycles. The lowest BCUT2D eigenvalue weighted by atomic mass is 9.66. The summed E-state index contributed by atoms with van der Waals surface area (Å²) in [5.74, 6) is -0.987. The molecular formula is C34H52FN9O3Si. The first kappa shape index (κ1) is 35.8. The molecule has 0 bridgehead atoms. The van der Waals surface area contributed by atoms with E-state index in [1.54, 1.807) is 23.9 Å². The third-order valence-corrected chi connectivity index (χ3v) is 11.8. The highest BCUT2D eigenvalue weighted by molar-refractivity contribution is 6.76. The standard InChI is InChI=1S/C34H52FN9O3Si/c1-22-28(23(2)44(40-22)21-47-19-20-48(4,5)6)26-17-18-27(36-31(26)35)37-33(45)30(38-34(46)32-39-41-42-43(32)3)29(24-13-9-7-10-14-24)25-15-11-8-12-16-25/h17-18,24-25,29-30H,7-16,19-21H2,1-6H3,(H,38,46)(H,36,37,45). The lowest BCUT2D eigenvalue weighted by molar-refractivity contribution is -0.121. The number of hydrogen-bond acceptors (Lipinski definition) is 8. The number of hydrogen-bond donors (Lipinski definition) is 2. The molecule has 2 fully saturated rings. The number of halogens is 1. The first-order valence-corrected chi connectivity index (χ1v) is 21.3. The van der Waals surface area contributed by atoms with Crippen LogP contribution in [0, 0.1) is 37.5 Å². The topological polar surface area (TPSA) is 142 Å². The summed E-state index contributed by atoms with van der Waals surface area (Å²) < 4.78 is 24.7.